The van der Waals surface area contributed by atoms with Crippen LogP contribution in [0.5, 0.6) is 5.88 Å². The molecule has 1 aromatic heterocycles. The summed E-state index contributed by atoms with van der Waals surface area (Å²) in [6.45, 7) is 0.371. The number of rotatable bonds is 6. The summed E-state index contributed by atoms with van der Waals surface area (Å²) >= 11 is 1.42. The number of benzene rings is 1. The summed E-state index contributed by atoms with van der Waals surface area (Å²) in [4.78, 5) is 28.4. The van der Waals surface area contributed by atoms with Crippen molar-refractivity contribution in [3.05, 3.63) is 42.6 Å². The van der Waals surface area contributed by atoms with Crippen molar-refractivity contribution in [3.63, 3.8) is 0 Å². The lowest BCUT2D eigenvalue weighted by molar-refractivity contribution is -0.141. The number of thioether (sulfide) groups is 1. The third kappa shape index (κ3) is 4.30. The summed E-state index contributed by atoms with van der Waals surface area (Å²) in [5.74, 6) is 0.296. The molecule has 0 saturated carbocycles. The van der Waals surface area contributed by atoms with E-state index >= 15 is 0 Å². The van der Waals surface area contributed by atoms with Crippen molar-refractivity contribution >= 4 is 23.6 Å². The molecule has 7 heteroatoms. The Morgan fingerprint density at radius 1 is 1.36 bits per heavy atom. The molecule has 0 bridgehead atoms. The van der Waals surface area contributed by atoms with E-state index < -0.39 is 6.04 Å². The number of hydrogen-bond donors (Lipinski definition) is 1. The van der Waals surface area contributed by atoms with Crippen LogP contribution >= 0.6 is 11.8 Å². The van der Waals surface area contributed by atoms with Crippen molar-refractivity contribution in [1.82, 2.24) is 10.3 Å². The molecule has 0 spiro atoms. The molecule has 25 heavy (non-hydrogen) atoms. The Hall–Kier alpha value is -2.54. The normalized spacial score (nSPS) is 16.4. The van der Waals surface area contributed by atoms with Crippen molar-refractivity contribution < 1.29 is 19.1 Å². The van der Waals surface area contributed by atoms with Crippen molar-refractivity contribution in [3.8, 4) is 17.0 Å². The van der Waals surface area contributed by atoms with Crippen molar-refractivity contribution in [2.24, 2.45) is 0 Å². The molecular weight excluding hydrogens is 340 g/mol. The Kier molecular flexibility index (Phi) is 5.55. The zero-order valence-electron chi connectivity index (χ0n) is 13.7. The zero-order valence-corrected chi connectivity index (χ0v) is 14.5. The van der Waals surface area contributed by atoms with Gasteiger partial charge in [-0.3, -0.25) is 4.79 Å². The van der Waals surface area contributed by atoms with Crippen molar-refractivity contribution in [1.29, 1.82) is 0 Å². The Morgan fingerprint density at radius 3 is 2.84 bits per heavy atom. The van der Waals surface area contributed by atoms with E-state index in [0.717, 1.165) is 16.0 Å². The quantitative estimate of drug-likeness (QED) is 0.631. The van der Waals surface area contributed by atoms with Gasteiger partial charge in [-0.2, -0.15) is 0 Å². The van der Waals surface area contributed by atoms with Gasteiger partial charge in [0.15, 0.2) is 0 Å². The molecule has 1 aliphatic heterocycles. The smallest absolute Gasteiger partial charge is 0.328 e. The number of methoxy groups -OCH3 is 1. The molecule has 1 aliphatic rings. The number of nitrogens with one attached hydrogen (secondary N) is 1. The maximum absolute atomic E-state index is 11.9. The van der Waals surface area contributed by atoms with E-state index in [4.69, 9.17) is 9.47 Å². The summed E-state index contributed by atoms with van der Waals surface area (Å²) < 4.78 is 10.1. The topological polar surface area (TPSA) is 77.5 Å². The predicted octanol–water partition coefficient (Wildman–Crippen LogP) is 2.28. The molecule has 1 atom stereocenters. The van der Waals surface area contributed by atoms with Crippen LogP contribution in [0, 0.1) is 0 Å². The van der Waals surface area contributed by atoms with Gasteiger partial charge in [0.1, 0.15) is 6.04 Å². The van der Waals surface area contributed by atoms with Gasteiger partial charge < -0.3 is 14.8 Å². The first-order valence-corrected chi connectivity index (χ1v) is 8.84. The van der Waals surface area contributed by atoms with Gasteiger partial charge in [-0.25, -0.2) is 9.78 Å². The fraction of sp³-hybridized carbons (Fsp3) is 0.278. The zero-order chi connectivity index (χ0) is 17.6. The molecule has 1 amide bonds. The average molecular weight is 358 g/mol. The van der Waals surface area contributed by atoms with Gasteiger partial charge >= 0.3 is 5.97 Å². The number of esters is 1. The van der Waals surface area contributed by atoms with Crippen LogP contribution in [0.2, 0.25) is 0 Å². The summed E-state index contributed by atoms with van der Waals surface area (Å²) in [5, 5.41) is 2.69. The lowest BCUT2D eigenvalue weighted by Crippen LogP contribution is -2.38. The van der Waals surface area contributed by atoms with Gasteiger partial charge in [0, 0.05) is 23.1 Å². The van der Waals surface area contributed by atoms with Crippen LogP contribution in [0.1, 0.15) is 6.42 Å². The highest BCUT2D eigenvalue weighted by atomic mass is 32.2. The van der Waals surface area contributed by atoms with E-state index in [9.17, 15) is 9.59 Å². The Labute approximate surface area is 149 Å². The average Bonchev–Trinajstić information content (AvgIpc) is 3.05. The number of aromatic nitrogens is 1. The summed E-state index contributed by atoms with van der Waals surface area (Å²) in [7, 11) is 1.59. The number of ether oxygens (including phenoxy) is 2. The number of pyridine rings is 1. The van der Waals surface area contributed by atoms with Gasteiger partial charge in [0.2, 0.25) is 11.8 Å². The molecule has 0 unspecified atom stereocenters. The van der Waals surface area contributed by atoms with Gasteiger partial charge in [0.25, 0.3) is 0 Å². The second kappa shape index (κ2) is 8.02. The van der Waals surface area contributed by atoms with Gasteiger partial charge in [-0.05, 0) is 29.8 Å². The molecule has 2 aromatic rings. The molecule has 1 N–H and O–H groups in total. The maximum Gasteiger partial charge on any atom is 0.328 e. The first-order chi connectivity index (χ1) is 12.2. The van der Waals surface area contributed by atoms with Gasteiger partial charge in [0.05, 0.1) is 19.5 Å². The molecule has 1 aromatic carbocycles. The predicted molar refractivity (Wildman–Crippen MR) is 94.5 cm³/mol. The second-order valence-electron chi connectivity index (χ2n) is 5.45. The fourth-order valence-corrected chi connectivity index (χ4v) is 3.23. The molecule has 0 radical (unpaired) electrons. The highest BCUT2D eigenvalue weighted by Crippen LogP contribution is 2.29. The van der Waals surface area contributed by atoms with E-state index in [1.165, 1.54) is 11.8 Å². The highest BCUT2D eigenvalue weighted by Gasteiger charge is 2.27. The van der Waals surface area contributed by atoms with Crippen LogP contribution in [0.15, 0.2) is 47.5 Å². The van der Waals surface area contributed by atoms with Gasteiger partial charge in [-0.15, -0.1) is 11.8 Å². The Bertz CT molecular complexity index is 764. The molecular formula is C18H18N2O4S. The van der Waals surface area contributed by atoms with Crippen LogP contribution in [0.4, 0.5) is 0 Å². The number of carbonyl (C=O) groups excluding carboxylic acids is 2. The van der Waals surface area contributed by atoms with E-state index in [1.54, 1.807) is 13.3 Å². The number of hydrogen-bond acceptors (Lipinski definition) is 6. The largest absolute Gasteiger partial charge is 0.481 e. The molecule has 0 aliphatic carbocycles. The van der Waals surface area contributed by atoms with Crippen LogP contribution in [-0.2, 0) is 14.3 Å². The molecule has 1 saturated heterocycles. The first-order valence-electron chi connectivity index (χ1n) is 7.85. The molecule has 6 nitrogen and oxygen atoms in total. The first kappa shape index (κ1) is 17.3. The van der Waals surface area contributed by atoms with Crippen LogP contribution in [0.3, 0.4) is 0 Å². The SMILES string of the molecule is COc1ncccc1-c1ccc(SCC(=O)N[C@@H]2CCOC2=O)cc1. The minimum absolute atomic E-state index is 0.174. The molecule has 3 rings (SSSR count). The number of nitrogens with zero attached hydrogens (tertiary/aromatic N) is 1. The minimum Gasteiger partial charge on any atom is -0.481 e. The second-order valence-corrected chi connectivity index (χ2v) is 6.50. The van der Waals surface area contributed by atoms with Crippen molar-refractivity contribution in [2.75, 3.05) is 19.5 Å². The lowest BCUT2D eigenvalue weighted by atomic mass is 10.1. The molecule has 2 heterocycles. The Balaban J connectivity index is 1.57. The molecule has 1 fully saturated rings. The van der Waals surface area contributed by atoms with Gasteiger partial charge in [-0.1, -0.05) is 12.1 Å². The highest BCUT2D eigenvalue weighted by molar-refractivity contribution is 8.00. The summed E-state index contributed by atoms with van der Waals surface area (Å²) in [6, 6.07) is 11.1. The van der Waals surface area contributed by atoms with E-state index in [2.05, 4.69) is 10.3 Å². The fourth-order valence-electron chi connectivity index (χ4n) is 2.52. The van der Waals surface area contributed by atoms with E-state index in [0.29, 0.717) is 18.9 Å². The number of carbonyl (C=O) groups is 2. The maximum atomic E-state index is 11.9. The van der Waals surface area contributed by atoms with Crippen LogP contribution < -0.4 is 10.1 Å². The monoisotopic (exact) mass is 358 g/mol. The van der Waals surface area contributed by atoms with E-state index in [1.807, 2.05) is 36.4 Å². The van der Waals surface area contributed by atoms with Crippen LogP contribution in [-0.4, -0.2) is 42.4 Å². The molecule has 130 valence electrons. The lowest BCUT2D eigenvalue weighted by Gasteiger charge is -2.09. The summed E-state index contributed by atoms with van der Waals surface area (Å²) in [5.41, 5.74) is 1.91. The Morgan fingerprint density at radius 2 is 2.16 bits per heavy atom. The summed E-state index contributed by atoms with van der Waals surface area (Å²) in [6.07, 6.45) is 2.22. The third-order valence-electron chi connectivity index (χ3n) is 3.77. The van der Waals surface area contributed by atoms with E-state index in [-0.39, 0.29) is 17.6 Å². The van der Waals surface area contributed by atoms with Crippen LogP contribution in [0.25, 0.3) is 11.1 Å². The third-order valence-corrected chi connectivity index (χ3v) is 4.78. The number of cyclic esters (lactones) is 1. The standard InChI is InChI=1S/C18H18N2O4S/c1-23-17-14(3-2-9-19-17)12-4-6-13(7-5-12)25-11-16(21)20-15-8-10-24-18(15)22/h2-7,9,15H,8,10-11H2,1H3,(H,20,21)/t15-/m1/s1. The number of amides is 1. The minimum atomic E-state index is -0.506. The van der Waals surface area contributed by atoms with Crippen molar-refractivity contribution in [2.45, 2.75) is 17.4 Å².